The number of aromatic nitrogens is 4. The van der Waals surface area contributed by atoms with Crippen LogP contribution in [-0.4, -0.2) is 25.3 Å². The molecule has 0 spiro atoms. The van der Waals surface area contributed by atoms with Gasteiger partial charge in [-0.15, -0.1) is 0 Å². The number of hydrogen-bond acceptors (Lipinski definition) is 4. The fourth-order valence-electron chi connectivity index (χ4n) is 2.73. The van der Waals surface area contributed by atoms with Crippen LogP contribution in [-0.2, 0) is 4.79 Å². The van der Waals surface area contributed by atoms with Crippen LogP contribution in [0.1, 0.15) is 18.0 Å². The standard InChI is InChI=1S/C15H10Cl2FN5O/c16-9-1-2-23-6-21-13(14(23)12(9)18)7-3-8(7)15(24)22-11-4-10(17)19-5-20-11/h1-2,4-8H,3H2,(H,19,20,22,24)/t7-,8-/m0/s1. The average Bonchev–Trinajstić information content (AvgIpc) is 3.23. The molecule has 3 aromatic heterocycles. The van der Waals surface area contributed by atoms with E-state index in [1.165, 1.54) is 24.8 Å². The lowest BCUT2D eigenvalue weighted by Crippen LogP contribution is -2.15. The summed E-state index contributed by atoms with van der Waals surface area (Å²) >= 11 is 11.6. The van der Waals surface area contributed by atoms with Crippen LogP contribution in [0.5, 0.6) is 0 Å². The highest BCUT2D eigenvalue weighted by atomic mass is 35.5. The van der Waals surface area contributed by atoms with Gasteiger partial charge in [0.15, 0.2) is 5.82 Å². The third-order valence-electron chi connectivity index (χ3n) is 3.98. The minimum atomic E-state index is -0.527. The predicted molar refractivity (Wildman–Crippen MR) is 86.7 cm³/mol. The maximum absolute atomic E-state index is 14.3. The van der Waals surface area contributed by atoms with E-state index in [-0.39, 0.29) is 27.9 Å². The summed E-state index contributed by atoms with van der Waals surface area (Å²) in [4.78, 5) is 24.2. The van der Waals surface area contributed by atoms with Crippen LogP contribution in [0, 0.1) is 11.7 Å². The first-order valence-corrected chi connectivity index (χ1v) is 7.89. The van der Waals surface area contributed by atoms with Gasteiger partial charge in [0.1, 0.15) is 22.8 Å². The lowest BCUT2D eigenvalue weighted by Gasteiger charge is -2.04. The summed E-state index contributed by atoms with van der Waals surface area (Å²) in [6, 6.07) is 2.92. The highest BCUT2D eigenvalue weighted by molar-refractivity contribution is 6.31. The van der Waals surface area contributed by atoms with E-state index in [9.17, 15) is 9.18 Å². The molecule has 1 saturated carbocycles. The minimum Gasteiger partial charge on any atom is -0.310 e. The fraction of sp³-hybridized carbons (Fsp3) is 0.200. The normalized spacial score (nSPS) is 19.5. The van der Waals surface area contributed by atoms with Gasteiger partial charge < -0.3 is 9.72 Å². The van der Waals surface area contributed by atoms with Gasteiger partial charge in [0.2, 0.25) is 5.91 Å². The molecule has 0 radical (unpaired) electrons. The number of anilines is 1. The Morgan fingerprint density at radius 2 is 2.17 bits per heavy atom. The Morgan fingerprint density at radius 3 is 2.96 bits per heavy atom. The monoisotopic (exact) mass is 365 g/mol. The molecule has 1 aliphatic rings. The number of halogens is 3. The van der Waals surface area contributed by atoms with Crippen molar-refractivity contribution in [1.82, 2.24) is 19.4 Å². The molecule has 4 rings (SSSR count). The molecule has 1 amide bonds. The molecule has 9 heteroatoms. The Hall–Kier alpha value is -2.25. The van der Waals surface area contributed by atoms with Crippen LogP contribution < -0.4 is 5.32 Å². The molecule has 0 aliphatic heterocycles. The zero-order valence-electron chi connectivity index (χ0n) is 12.1. The molecule has 0 aromatic carbocycles. The molecular weight excluding hydrogens is 356 g/mol. The molecule has 1 aliphatic carbocycles. The van der Waals surface area contributed by atoms with Gasteiger partial charge in [-0.25, -0.2) is 19.3 Å². The van der Waals surface area contributed by atoms with Gasteiger partial charge in [-0.05, 0) is 12.5 Å². The molecule has 0 saturated heterocycles. The van der Waals surface area contributed by atoms with Crippen LogP contribution >= 0.6 is 23.2 Å². The number of imidazole rings is 1. The Labute approximate surface area is 145 Å². The third-order valence-corrected chi connectivity index (χ3v) is 4.48. The van der Waals surface area contributed by atoms with Crippen molar-refractivity contribution < 1.29 is 9.18 Å². The minimum absolute atomic E-state index is 0.0292. The lowest BCUT2D eigenvalue weighted by atomic mass is 10.2. The number of amides is 1. The van der Waals surface area contributed by atoms with Crippen molar-refractivity contribution in [1.29, 1.82) is 0 Å². The topological polar surface area (TPSA) is 72.2 Å². The second kappa shape index (κ2) is 5.68. The van der Waals surface area contributed by atoms with Crippen molar-refractivity contribution in [3.63, 3.8) is 0 Å². The molecule has 3 aromatic rings. The maximum Gasteiger partial charge on any atom is 0.229 e. The predicted octanol–water partition coefficient (Wildman–Crippen LogP) is 3.31. The smallest absolute Gasteiger partial charge is 0.229 e. The van der Waals surface area contributed by atoms with Crippen LogP contribution in [0.15, 0.2) is 31.0 Å². The van der Waals surface area contributed by atoms with Gasteiger partial charge in [-0.2, -0.15) is 0 Å². The van der Waals surface area contributed by atoms with E-state index in [0.29, 0.717) is 23.4 Å². The molecule has 0 bridgehead atoms. The zero-order chi connectivity index (χ0) is 16.8. The number of pyridine rings is 1. The van der Waals surface area contributed by atoms with Crippen LogP contribution in [0.4, 0.5) is 10.2 Å². The van der Waals surface area contributed by atoms with Crippen molar-refractivity contribution in [3.8, 4) is 0 Å². The first kappa shape index (κ1) is 15.3. The first-order chi connectivity index (χ1) is 11.5. The largest absolute Gasteiger partial charge is 0.310 e. The lowest BCUT2D eigenvalue weighted by molar-refractivity contribution is -0.117. The summed E-state index contributed by atoms with van der Waals surface area (Å²) in [5.74, 6) is -0.857. The van der Waals surface area contributed by atoms with Gasteiger partial charge in [0.05, 0.1) is 17.0 Å². The van der Waals surface area contributed by atoms with Crippen LogP contribution in [0.2, 0.25) is 10.2 Å². The Kier molecular flexibility index (Phi) is 3.62. The summed E-state index contributed by atoms with van der Waals surface area (Å²) in [6.45, 7) is 0. The van der Waals surface area contributed by atoms with Crippen LogP contribution in [0.3, 0.4) is 0 Å². The maximum atomic E-state index is 14.3. The molecule has 2 atom stereocenters. The summed E-state index contributed by atoms with van der Waals surface area (Å²) in [5.41, 5.74) is 0.851. The first-order valence-electron chi connectivity index (χ1n) is 7.13. The number of carbonyl (C=O) groups is 1. The Balaban J connectivity index is 1.56. The number of fused-ring (bicyclic) bond motifs is 1. The van der Waals surface area contributed by atoms with Gasteiger partial charge >= 0.3 is 0 Å². The molecule has 1 N–H and O–H groups in total. The number of carbonyl (C=O) groups excluding carboxylic acids is 1. The average molecular weight is 366 g/mol. The quantitative estimate of drug-likeness (QED) is 0.722. The van der Waals surface area contributed by atoms with E-state index in [1.54, 1.807) is 10.6 Å². The summed E-state index contributed by atoms with van der Waals surface area (Å²) in [7, 11) is 0. The van der Waals surface area contributed by atoms with Crippen molar-refractivity contribution >= 4 is 40.4 Å². The number of rotatable bonds is 3. The van der Waals surface area contributed by atoms with E-state index < -0.39 is 5.82 Å². The SMILES string of the molecule is O=C(Nc1cc(Cl)ncn1)[C@H]1C[C@@H]1c1ncn2ccc(Cl)c(F)c12. The number of hydrogen-bond donors (Lipinski definition) is 1. The van der Waals surface area contributed by atoms with Crippen molar-refractivity contribution in [2.75, 3.05) is 5.32 Å². The van der Waals surface area contributed by atoms with Gasteiger partial charge in [-0.1, -0.05) is 23.2 Å². The molecule has 24 heavy (non-hydrogen) atoms. The van der Waals surface area contributed by atoms with E-state index in [1.807, 2.05) is 0 Å². The Bertz CT molecular complexity index is 960. The highest BCUT2D eigenvalue weighted by Gasteiger charge is 2.46. The molecule has 1 fully saturated rings. The second-order valence-corrected chi connectivity index (χ2v) is 6.32. The van der Waals surface area contributed by atoms with Gasteiger partial charge in [0, 0.05) is 24.1 Å². The third kappa shape index (κ3) is 2.59. The van der Waals surface area contributed by atoms with E-state index in [4.69, 9.17) is 23.2 Å². The molecule has 3 heterocycles. The van der Waals surface area contributed by atoms with E-state index in [2.05, 4.69) is 20.3 Å². The van der Waals surface area contributed by atoms with Gasteiger partial charge in [-0.3, -0.25) is 4.79 Å². The summed E-state index contributed by atoms with van der Waals surface area (Å²) in [5, 5.41) is 2.95. The molecular formula is C15H10Cl2FN5O. The number of nitrogens with zero attached hydrogens (tertiary/aromatic N) is 4. The fourth-order valence-corrected chi connectivity index (χ4v) is 3.02. The van der Waals surface area contributed by atoms with Crippen molar-refractivity contribution in [2.45, 2.75) is 12.3 Å². The molecule has 6 nitrogen and oxygen atoms in total. The van der Waals surface area contributed by atoms with Crippen molar-refractivity contribution in [2.24, 2.45) is 5.92 Å². The second-order valence-electron chi connectivity index (χ2n) is 5.53. The summed E-state index contributed by atoms with van der Waals surface area (Å²) < 4.78 is 15.8. The molecule has 0 unspecified atom stereocenters. The van der Waals surface area contributed by atoms with Crippen LogP contribution in [0.25, 0.3) is 5.52 Å². The zero-order valence-corrected chi connectivity index (χ0v) is 13.6. The highest BCUT2D eigenvalue weighted by Crippen LogP contribution is 2.49. The van der Waals surface area contributed by atoms with E-state index >= 15 is 0 Å². The summed E-state index contributed by atoms with van der Waals surface area (Å²) in [6.07, 6.45) is 5.00. The van der Waals surface area contributed by atoms with Gasteiger partial charge in [0.25, 0.3) is 0 Å². The van der Waals surface area contributed by atoms with Crippen molar-refractivity contribution in [3.05, 3.63) is 52.7 Å². The Morgan fingerprint density at radius 1 is 1.33 bits per heavy atom. The number of nitrogens with one attached hydrogen (secondary N) is 1. The molecule has 122 valence electrons. The van der Waals surface area contributed by atoms with E-state index in [0.717, 1.165) is 0 Å².